The first-order valence-electron chi connectivity index (χ1n) is 7.39. The highest BCUT2D eigenvalue weighted by Gasteiger charge is 2.09. The molecule has 0 bridgehead atoms. The number of hydrogen-bond donors (Lipinski definition) is 1. The number of nitrogens with one attached hydrogen (secondary N) is 1. The quantitative estimate of drug-likeness (QED) is 0.715. The lowest BCUT2D eigenvalue weighted by Gasteiger charge is -2.07. The molecule has 0 aliphatic carbocycles. The van der Waals surface area contributed by atoms with Crippen molar-refractivity contribution in [1.82, 2.24) is 19.3 Å². The average Bonchev–Trinajstić information content (AvgIpc) is 2.97. The van der Waals surface area contributed by atoms with E-state index in [0.717, 1.165) is 10.6 Å². The molecule has 0 fully saturated rings. The van der Waals surface area contributed by atoms with E-state index in [1.165, 1.54) is 17.1 Å². The number of carbonyl (C=O) groups is 1. The Hall–Kier alpha value is -2.61. The number of carbonyl (C=O) groups excluding carboxylic acids is 1. The highest BCUT2D eigenvalue weighted by Crippen LogP contribution is 2.17. The molecule has 1 N–H and O–H groups in total. The van der Waals surface area contributed by atoms with Gasteiger partial charge in [-0.25, -0.2) is 4.98 Å². The number of hydrogen-bond acceptors (Lipinski definition) is 5. The molecule has 0 saturated heterocycles. The van der Waals surface area contributed by atoms with E-state index in [4.69, 9.17) is 0 Å². The molecule has 1 aromatic carbocycles. The van der Waals surface area contributed by atoms with Crippen LogP contribution in [0.4, 0.5) is 5.69 Å². The monoisotopic (exact) mass is 343 g/mol. The molecule has 3 rings (SSSR count). The van der Waals surface area contributed by atoms with Crippen molar-refractivity contribution >= 4 is 34.4 Å². The summed E-state index contributed by atoms with van der Waals surface area (Å²) in [5.74, 6) is -0.148. The molecule has 0 unspecified atom stereocenters. The second-order valence-electron chi connectivity index (χ2n) is 5.28. The van der Waals surface area contributed by atoms with E-state index in [9.17, 15) is 9.59 Å². The van der Waals surface area contributed by atoms with E-state index in [1.807, 2.05) is 30.5 Å². The fourth-order valence-electron chi connectivity index (χ4n) is 2.35. The van der Waals surface area contributed by atoms with Gasteiger partial charge in [0.05, 0.1) is 12.5 Å². The second-order valence-corrected chi connectivity index (χ2v) is 6.15. The van der Waals surface area contributed by atoms with Gasteiger partial charge in [0, 0.05) is 30.6 Å². The minimum Gasteiger partial charge on any atom is -0.326 e. The van der Waals surface area contributed by atoms with E-state index in [-0.39, 0.29) is 24.4 Å². The van der Waals surface area contributed by atoms with Gasteiger partial charge in [0.2, 0.25) is 5.91 Å². The third-order valence-corrected chi connectivity index (χ3v) is 4.42. The molecular weight excluding hydrogens is 326 g/mol. The zero-order valence-electron chi connectivity index (χ0n) is 13.4. The molecule has 2 aromatic heterocycles. The number of benzene rings is 1. The van der Waals surface area contributed by atoms with Crippen LogP contribution in [0.25, 0.3) is 11.0 Å². The molecule has 8 heteroatoms. The summed E-state index contributed by atoms with van der Waals surface area (Å²) in [4.78, 5) is 29.7. The predicted octanol–water partition coefficient (Wildman–Crippen LogP) is 1.88. The zero-order valence-corrected chi connectivity index (χ0v) is 14.2. The van der Waals surface area contributed by atoms with Crippen molar-refractivity contribution in [3.63, 3.8) is 0 Å². The topological polar surface area (TPSA) is 81.8 Å². The maximum Gasteiger partial charge on any atom is 0.264 e. The molecule has 0 saturated carbocycles. The summed E-state index contributed by atoms with van der Waals surface area (Å²) in [6.07, 6.45) is 5.14. The van der Waals surface area contributed by atoms with E-state index < -0.39 is 0 Å². The minimum absolute atomic E-state index is 0.148. The number of rotatable bonds is 5. The number of anilines is 1. The maximum atomic E-state index is 12.3. The number of nitrogens with zero attached hydrogens (tertiary/aromatic N) is 4. The summed E-state index contributed by atoms with van der Waals surface area (Å²) in [6, 6.07) is 7.62. The smallest absolute Gasteiger partial charge is 0.264 e. The summed E-state index contributed by atoms with van der Waals surface area (Å²) in [5, 5.41) is 7.30. The molecule has 1 amide bonds. The van der Waals surface area contributed by atoms with Crippen LogP contribution in [0.15, 0.2) is 46.5 Å². The Balaban J connectivity index is 1.65. The van der Waals surface area contributed by atoms with Gasteiger partial charge in [-0.1, -0.05) is 0 Å². The number of aromatic nitrogens is 4. The molecule has 0 radical (unpaired) electrons. The van der Waals surface area contributed by atoms with E-state index >= 15 is 0 Å². The fraction of sp³-hybridized carbons (Fsp3) is 0.250. The Morgan fingerprint density at radius 1 is 1.29 bits per heavy atom. The Kier molecular flexibility index (Phi) is 4.66. The summed E-state index contributed by atoms with van der Waals surface area (Å²) >= 11 is 1.64. The first kappa shape index (κ1) is 16.3. The number of fused-ring (bicyclic) bond motifs is 1. The predicted molar refractivity (Wildman–Crippen MR) is 94.2 cm³/mol. The highest BCUT2D eigenvalue weighted by atomic mass is 32.2. The van der Waals surface area contributed by atoms with Crippen LogP contribution >= 0.6 is 11.8 Å². The van der Waals surface area contributed by atoms with Crippen LogP contribution in [-0.2, 0) is 18.4 Å². The number of amides is 1. The van der Waals surface area contributed by atoms with Gasteiger partial charge in [-0.05, 0) is 30.5 Å². The Bertz CT molecular complexity index is 930. The van der Waals surface area contributed by atoms with Crippen LogP contribution in [0.3, 0.4) is 0 Å². The van der Waals surface area contributed by atoms with Gasteiger partial charge >= 0.3 is 0 Å². The largest absolute Gasteiger partial charge is 0.326 e. The molecule has 3 aromatic rings. The number of thioether (sulfide) groups is 1. The van der Waals surface area contributed by atoms with Gasteiger partial charge in [0.1, 0.15) is 5.39 Å². The first-order valence-corrected chi connectivity index (χ1v) is 8.62. The molecule has 0 aliphatic heterocycles. The molecule has 0 atom stereocenters. The lowest BCUT2D eigenvalue weighted by molar-refractivity contribution is -0.116. The van der Waals surface area contributed by atoms with Crippen molar-refractivity contribution in [1.29, 1.82) is 0 Å². The third kappa shape index (κ3) is 3.33. The van der Waals surface area contributed by atoms with E-state index in [0.29, 0.717) is 11.0 Å². The normalized spacial score (nSPS) is 10.9. The summed E-state index contributed by atoms with van der Waals surface area (Å²) in [6.45, 7) is 0.269. The van der Waals surface area contributed by atoms with Gasteiger partial charge in [-0.3, -0.25) is 18.8 Å². The van der Waals surface area contributed by atoms with Gasteiger partial charge in [-0.15, -0.1) is 11.8 Å². The Morgan fingerprint density at radius 3 is 2.75 bits per heavy atom. The zero-order chi connectivity index (χ0) is 17.1. The van der Waals surface area contributed by atoms with Crippen LogP contribution in [0.2, 0.25) is 0 Å². The SMILES string of the molecule is CSc1ccc(NC(=O)CCn2cnc3c(cnn3C)c2=O)cc1. The van der Waals surface area contributed by atoms with Crippen molar-refractivity contribution in [3.8, 4) is 0 Å². The van der Waals surface area contributed by atoms with E-state index in [1.54, 1.807) is 23.5 Å². The van der Waals surface area contributed by atoms with Gasteiger partial charge in [0.25, 0.3) is 5.56 Å². The molecule has 7 nitrogen and oxygen atoms in total. The molecule has 124 valence electrons. The highest BCUT2D eigenvalue weighted by molar-refractivity contribution is 7.98. The van der Waals surface area contributed by atoms with Crippen LogP contribution < -0.4 is 10.9 Å². The second kappa shape index (κ2) is 6.88. The summed E-state index contributed by atoms with van der Waals surface area (Å²) in [7, 11) is 1.73. The summed E-state index contributed by atoms with van der Waals surface area (Å²) < 4.78 is 2.98. The maximum absolute atomic E-state index is 12.3. The van der Waals surface area contributed by atoms with Gasteiger partial charge < -0.3 is 5.32 Å². The number of aryl methyl sites for hydroxylation is 2. The lowest BCUT2D eigenvalue weighted by Crippen LogP contribution is -2.23. The Labute approximate surface area is 142 Å². The standard InChI is InChI=1S/C16H17N5O2S/c1-20-15-13(9-18-20)16(23)21(10-17-15)8-7-14(22)19-11-3-5-12(24-2)6-4-11/h3-6,9-10H,7-8H2,1-2H3,(H,19,22). The molecule has 0 aliphatic rings. The molecule has 24 heavy (non-hydrogen) atoms. The van der Waals surface area contributed by atoms with Crippen LogP contribution in [0, 0.1) is 0 Å². The van der Waals surface area contributed by atoms with Crippen LogP contribution in [0.5, 0.6) is 0 Å². The van der Waals surface area contributed by atoms with Gasteiger partial charge in [0.15, 0.2) is 5.65 Å². The van der Waals surface area contributed by atoms with Crippen molar-refractivity contribution in [2.75, 3.05) is 11.6 Å². The minimum atomic E-state index is -0.190. The molecular formula is C16H17N5O2S. The first-order chi connectivity index (χ1) is 11.6. The lowest BCUT2D eigenvalue weighted by atomic mass is 10.3. The van der Waals surface area contributed by atoms with E-state index in [2.05, 4.69) is 15.4 Å². The van der Waals surface area contributed by atoms with Crippen molar-refractivity contribution in [2.24, 2.45) is 7.05 Å². The average molecular weight is 343 g/mol. The summed E-state index contributed by atoms with van der Waals surface area (Å²) in [5.41, 5.74) is 1.09. The van der Waals surface area contributed by atoms with Crippen LogP contribution in [-0.4, -0.2) is 31.5 Å². The molecule has 0 spiro atoms. The van der Waals surface area contributed by atoms with Crippen LogP contribution in [0.1, 0.15) is 6.42 Å². The Morgan fingerprint density at radius 2 is 2.04 bits per heavy atom. The van der Waals surface area contributed by atoms with Crippen molar-refractivity contribution in [3.05, 3.63) is 47.1 Å². The van der Waals surface area contributed by atoms with Crippen molar-refractivity contribution < 1.29 is 4.79 Å². The van der Waals surface area contributed by atoms with Gasteiger partial charge in [-0.2, -0.15) is 5.10 Å². The fourth-order valence-corrected chi connectivity index (χ4v) is 2.75. The third-order valence-electron chi connectivity index (χ3n) is 3.67. The van der Waals surface area contributed by atoms with Crippen molar-refractivity contribution in [2.45, 2.75) is 17.9 Å². The molecule has 2 heterocycles.